The Morgan fingerprint density at radius 1 is 0.846 bits per heavy atom. The third-order valence-corrected chi connectivity index (χ3v) is 0.667. The number of hydrogen-bond donors (Lipinski definition) is 0. The van der Waals surface area contributed by atoms with E-state index in [-0.39, 0.29) is 5.78 Å². The SMILES string of the molecule is CC(C)=O.COC.c1ccccc1. The Hall–Kier alpha value is -1.15. The molecule has 1 aromatic carbocycles. The lowest BCUT2D eigenvalue weighted by molar-refractivity contribution is -0.114. The quantitative estimate of drug-likeness (QED) is 0.616. The first-order chi connectivity index (χ1) is 6.15. The first-order valence-electron chi connectivity index (χ1n) is 4.02. The fraction of sp³-hybridized carbons (Fsp3) is 0.364. The molecule has 0 saturated carbocycles. The summed E-state index contributed by atoms with van der Waals surface area (Å²) < 4.78 is 4.25. The number of methoxy groups -OCH3 is 1. The van der Waals surface area contributed by atoms with Crippen molar-refractivity contribution in [2.75, 3.05) is 14.2 Å². The van der Waals surface area contributed by atoms with E-state index in [1.165, 1.54) is 13.8 Å². The molecule has 74 valence electrons. The van der Waals surface area contributed by atoms with Crippen molar-refractivity contribution in [3.8, 4) is 0 Å². The van der Waals surface area contributed by atoms with Gasteiger partial charge in [0.05, 0.1) is 0 Å². The van der Waals surface area contributed by atoms with Crippen LogP contribution in [0.2, 0.25) is 0 Å². The van der Waals surface area contributed by atoms with E-state index in [0.717, 1.165) is 0 Å². The van der Waals surface area contributed by atoms with Gasteiger partial charge in [0.2, 0.25) is 0 Å². The summed E-state index contributed by atoms with van der Waals surface area (Å²) in [7, 11) is 3.25. The van der Waals surface area contributed by atoms with Crippen LogP contribution in [0, 0.1) is 0 Å². The van der Waals surface area contributed by atoms with Crippen molar-refractivity contribution in [1.82, 2.24) is 0 Å². The zero-order valence-corrected chi connectivity index (χ0v) is 8.78. The molecule has 0 saturated heterocycles. The average molecular weight is 182 g/mol. The van der Waals surface area contributed by atoms with Gasteiger partial charge in [-0.05, 0) is 13.8 Å². The maximum atomic E-state index is 9.44. The molecule has 13 heavy (non-hydrogen) atoms. The van der Waals surface area contributed by atoms with Gasteiger partial charge in [-0.15, -0.1) is 0 Å². The van der Waals surface area contributed by atoms with Gasteiger partial charge in [0.15, 0.2) is 0 Å². The topological polar surface area (TPSA) is 26.3 Å². The molecule has 0 fully saturated rings. The molecule has 0 bridgehead atoms. The summed E-state index contributed by atoms with van der Waals surface area (Å²) in [5.74, 6) is 0.167. The van der Waals surface area contributed by atoms with Gasteiger partial charge >= 0.3 is 0 Å². The number of carbonyl (C=O) groups is 1. The Labute approximate surface area is 80.5 Å². The van der Waals surface area contributed by atoms with Crippen LogP contribution in [0.5, 0.6) is 0 Å². The zero-order valence-electron chi connectivity index (χ0n) is 8.78. The van der Waals surface area contributed by atoms with E-state index in [9.17, 15) is 4.79 Å². The van der Waals surface area contributed by atoms with Gasteiger partial charge in [-0.25, -0.2) is 0 Å². The molecule has 0 amide bonds. The lowest BCUT2D eigenvalue weighted by Gasteiger charge is -1.69. The molecule has 0 unspecified atom stereocenters. The number of ketones is 1. The van der Waals surface area contributed by atoms with Crippen LogP contribution >= 0.6 is 0 Å². The Morgan fingerprint density at radius 2 is 0.923 bits per heavy atom. The molecule has 1 aromatic rings. The first kappa shape index (κ1) is 14.4. The lowest BCUT2D eigenvalue weighted by Crippen LogP contribution is -1.69. The highest BCUT2D eigenvalue weighted by Crippen LogP contribution is 1.79. The maximum Gasteiger partial charge on any atom is 0.126 e. The average Bonchev–Trinajstić information content (AvgIpc) is 2.08. The van der Waals surface area contributed by atoms with Crippen LogP contribution in [-0.2, 0) is 9.53 Å². The van der Waals surface area contributed by atoms with Crippen LogP contribution in [0.1, 0.15) is 13.8 Å². The zero-order chi connectivity index (χ0) is 10.5. The van der Waals surface area contributed by atoms with E-state index in [1.54, 1.807) is 14.2 Å². The summed E-state index contributed by atoms with van der Waals surface area (Å²) in [5.41, 5.74) is 0. The van der Waals surface area contributed by atoms with Crippen LogP contribution < -0.4 is 0 Å². The normalized spacial score (nSPS) is 7.08. The number of carbonyl (C=O) groups excluding carboxylic acids is 1. The van der Waals surface area contributed by atoms with E-state index in [0.29, 0.717) is 0 Å². The Kier molecular flexibility index (Phi) is 14.9. The van der Waals surface area contributed by atoms with Crippen molar-refractivity contribution in [2.24, 2.45) is 0 Å². The highest BCUT2D eigenvalue weighted by Gasteiger charge is 1.62. The van der Waals surface area contributed by atoms with Crippen molar-refractivity contribution in [2.45, 2.75) is 13.8 Å². The summed E-state index contributed by atoms with van der Waals surface area (Å²) in [6.07, 6.45) is 0. The molecule has 0 aliphatic heterocycles. The fourth-order valence-corrected chi connectivity index (χ4v) is 0.385. The van der Waals surface area contributed by atoms with Crippen LogP contribution in [0.25, 0.3) is 0 Å². The molecule has 0 heterocycles. The first-order valence-corrected chi connectivity index (χ1v) is 4.02. The molecule has 0 spiro atoms. The van der Waals surface area contributed by atoms with Crippen molar-refractivity contribution in [3.63, 3.8) is 0 Å². The van der Waals surface area contributed by atoms with Crippen LogP contribution in [0.3, 0.4) is 0 Å². The third-order valence-electron chi connectivity index (χ3n) is 0.667. The van der Waals surface area contributed by atoms with Crippen molar-refractivity contribution in [1.29, 1.82) is 0 Å². The van der Waals surface area contributed by atoms with Gasteiger partial charge in [-0.2, -0.15) is 0 Å². The highest BCUT2D eigenvalue weighted by atomic mass is 16.4. The molecule has 0 radical (unpaired) electrons. The van der Waals surface area contributed by atoms with Crippen LogP contribution in [-0.4, -0.2) is 20.0 Å². The minimum atomic E-state index is 0.167. The predicted octanol–water partition coefficient (Wildman–Crippen LogP) is 2.54. The van der Waals surface area contributed by atoms with E-state index in [1.807, 2.05) is 36.4 Å². The number of Topliss-reactive ketones (excluding diaryl/α,β-unsaturated/α-hetero) is 1. The lowest BCUT2D eigenvalue weighted by atomic mass is 10.4. The second-order valence-electron chi connectivity index (χ2n) is 2.47. The summed E-state index contributed by atoms with van der Waals surface area (Å²) in [5, 5.41) is 0. The molecule has 0 atom stereocenters. The van der Waals surface area contributed by atoms with Crippen molar-refractivity contribution >= 4 is 5.78 Å². The van der Waals surface area contributed by atoms with Gasteiger partial charge in [0.25, 0.3) is 0 Å². The monoisotopic (exact) mass is 182 g/mol. The number of benzene rings is 1. The van der Waals surface area contributed by atoms with Crippen LogP contribution in [0.15, 0.2) is 36.4 Å². The molecule has 0 aromatic heterocycles. The number of rotatable bonds is 0. The van der Waals surface area contributed by atoms with E-state index in [4.69, 9.17) is 0 Å². The molecule has 0 N–H and O–H groups in total. The van der Waals surface area contributed by atoms with E-state index >= 15 is 0 Å². The van der Waals surface area contributed by atoms with Gasteiger partial charge < -0.3 is 9.53 Å². The Morgan fingerprint density at radius 3 is 1.00 bits per heavy atom. The highest BCUT2D eigenvalue weighted by molar-refractivity contribution is 5.72. The molecule has 2 heteroatoms. The fourth-order valence-electron chi connectivity index (χ4n) is 0.385. The molecule has 0 aliphatic carbocycles. The Balaban J connectivity index is 0. The van der Waals surface area contributed by atoms with E-state index < -0.39 is 0 Å². The second-order valence-corrected chi connectivity index (χ2v) is 2.47. The smallest absolute Gasteiger partial charge is 0.126 e. The van der Waals surface area contributed by atoms with Crippen molar-refractivity contribution < 1.29 is 9.53 Å². The minimum Gasteiger partial charge on any atom is -0.388 e. The standard InChI is InChI=1S/C6H6.C3H6O.C2H6O/c1-2-4-6-5-3-1;1-3(2)4;1-3-2/h1-6H;1-2H3;1-2H3. The second kappa shape index (κ2) is 13.4. The molecule has 1 rings (SSSR count). The predicted molar refractivity (Wildman–Crippen MR) is 55.7 cm³/mol. The summed E-state index contributed by atoms with van der Waals surface area (Å²) in [4.78, 5) is 9.44. The number of ether oxygens (including phenoxy) is 1. The van der Waals surface area contributed by atoms with Crippen LogP contribution in [0.4, 0.5) is 0 Å². The summed E-state index contributed by atoms with van der Waals surface area (Å²) >= 11 is 0. The van der Waals surface area contributed by atoms with Crippen molar-refractivity contribution in [3.05, 3.63) is 36.4 Å². The molecule has 2 nitrogen and oxygen atoms in total. The number of hydrogen-bond acceptors (Lipinski definition) is 2. The molecule has 0 aliphatic rings. The molecular weight excluding hydrogens is 164 g/mol. The van der Waals surface area contributed by atoms with E-state index in [2.05, 4.69) is 4.74 Å². The van der Waals surface area contributed by atoms with Gasteiger partial charge in [-0.1, -0.05) is 36.4 Å². The largest absolute Gasteiger partial charge is 0.388 e. The minimum absolute atomic E-state index is 0.167. The Bertz CT molecular complexity index is 152. The summed E-state index contributed by atoms with van der Waals surface area (Å²) in [6, 6.07) is 12.0. The maximum absolute atomic E-state index is 9.44. The van der Waals surface area contributed by atoms with Gasteiger partial charge in [0, 0.05) is 14.2 Å². The van der Waals surface area contributed by atoms with Gasteiger partial charge in [-0.3, -0.25) is 0 Å². The summed E-state index contributed by atoms with van der Waals surface area (Å²) in [6.45, 7) is 3.06. The molecular formula is C11H18O2. The van der Waals surface area contributed by atoms with Gasteiger partial charge in [0.1, 0.15) is 5.78 Å². The third kappa shape index (κ3) is 36.1.